The molecule has 2 aromatic rings. The Morgan fingerprint density at radius 3 is 2.52 bits per heavy atom. The van der Waals surface area contributed by atoms with Gasteiger partial charge in [-0.05, 0) is 50.7 Å². The number of rotatable bonds is 8. The number of nitrogens with one attached hydrogen (secondary N) is 2. The summed E-state index contributed by atoms with van der Waals surface area (Å²) in [5.74, 6) is 0.216. The molecule has 2 aromatic carbocycles. The van der Waals surface area contributed by atoms with Crippen LogP contribution in [0.15, 0.2) is 42.5 Å². The van der Waals surface area contributed by atoms with Gasteiger partial charge in [0.2, 0.25) is 11.8 Å². The van der Waals surface area contributed by atoms with Crippen LogP contribution in [0, 0.1) is 0 Å². The van der Waals surface area contributed by atoms with E-state index in [-0.39, 0.29) is 24.4 Å². The second-order valence-corrected chi connectivity index (χ2v) is 7.61. The minimum absolute atomic E-state index is 0.0574. The van der Waals surface area contributed by atoms with Crippen molar-refractivity contribution in [3.8, 4) is 5.75 Å². The zero-order chi connectivity index (χ0) is 21.6. The van der Waals surface area contributed by atoms with Crippen LogP contribution in [-0.4, -0.2) is 43.5 Å². The lowest BCUT2D eigenvalue weighted by molar-refractivity contribution is -0.127. The predicted octanol–water partition coefficient (Wildman–Crippen LogP) is 4.14. The highest BCUT2D eigenvalue weighted by Gasteiger charge is 2.22. The zero-order valence-electron chi connectivity index (χ0n) is 16.8. The minimum Gasteiger partial charge on any atom is -0.497 e. The number of benzene rings is 2. The van der Waals surface area contributed by atoms with Crippen LogP contribution < -0.4 is 15.4 Å². The summed E-state index contributed by atoms with van der Waals surface area (Å²) in [4.78, 5) is 26.6. The molecule has 0 aliphatic heterocycles. The van der Waals surface area contributed by atoms with Crippen LogP contribution >= 0.6 is 23.2 Å². The highest BCUT2D eigenvalue weighted by Crippen LogP contribution is 2.26. The van der Waals surface area contributed by atoms with Gasteiger partial charge in [0.05, 0.1) is 25.7 Å². The first kappa shape index (κ1) is 23.0. The molecule has 29 heavy (non-hydrogen) atoms. The number of hydrogen-bond acceptors (Lipinski definition) is 4. The summed E-state index contributed by atoms with van der Waals surface area (Å²) in [7, 11) is 3.28. The molecule has 0 saturated heterocycles. The molecule has 0 bridgehead atoms. The minimum atomic E-state index is -0.514. The first-order chi connectivity index (χ1) is 13.7. The Labute approximate surface area is 181 Å². The van der Waals surface area contributed by atoms with Crippen molar-refractivity contribution in [3.05, 3.63) is 58.1 Å². The fourth-order valence-electron chi connectivity index (χ4n) is 2.73. The van der Waals surface area contributed by atoms with Crippen LogP contribution in [-0.2, 0) is 9.59 Å². The fraction of sp³-hybridized carbons (Fsp3) is 0.333. The third-order valence-electron chi connectivity index (χ3n) is 4.57. The lowest BCUT2D eigenvalue weighted by Crippen LogP contribution is -2.46. The van der Waals surface area contributed by atoms with Crippen LogP contribution in [0.2, 0.25) is 10.0 Å². The van der Waals surface area contributed by atoms with Crippen molar-refractivity contribution in [2.45, 2.75) is 25.9 Å². The molecule has 0 unspecified atom stereocenters. The summed E-state index contributed by atoms with van der Waals surface area (Å²) < 4.78 is 5.14. The molecule has 0 aromatic heterocycles. The number of hydrogen-bond donors (Lipinski definition) is 2. The van der Waals surface area contributed by atoms with E-state index in [1.807, 2.05) is 6.92 Å². The van der Waals surface area contributed by atoms with E-state index in [4.69, 9.17) is 27.9 Å². The van der Waals surface area contributed by atoms with Crippen LogP contribution in [0.1, 0.15) is 25.5 Å². The number of anilines is 1. The van der Waals surface area contributed by atoms with Crippen molar-refractivity contribution in [1.29, 1.82) is 0 Å². The monoisotopic (exact) mass is 437 g/mol. The van der Waals surface area contributed by atoms with Gasteiger partial charge >= 0.3 is 0 Å². The number of nitrogens with zero attached hydrogens (tertiary/aromatic N) is 1. The smallest absolute Gasteiger partial charge is 0.238 e. The Morgan fingerprint density at radius 1 is 1.14 bits per heavy atom. The summed E-state index contributed by atoms with van der Waals surface area (Å²) >= 11 is 12.1. The zero-order valence-corrected chi connectivity index (χ0v) is 18.3. The number of halogens is 2. The van der Waals surface area contributed by atoms with Crippen LogP contribution in [0.4, 0.5) is 5.69 Å². The summed E-state index contributed by atoms with van der Waals surface area (Å²) in [5, 5.41) is 6.74. The van der Waals surface area contributed by atoms with Gasteiger partial charge in [-0.2, -0.15) is 0 Å². The molecular weight excluding hydrogens is 413 g/mol. The van der Waals surface area contributed by atoms with Gasteiger partial charge in [0.1, 0.15) is 5.75 Å². The summed E-state index contributed by atoms with van der Waals surface area (Å²) in [5.41, 5.74) is 1.40. The Bertz CT molecular complexity index is 876. The van der Waals surface area contributed by atoms with E-state index in [0.717, 1.165) is 5.56 Å². The Balaban J connectivity index is 1.91. The molecule has 0 aliphatic rings. The van der Waals surface area contributed by atoms with Gasteiger partial charge < -0.3 is 15.4 Å². The van der Waals surface area contributed by atoms with Crippen LogP contribution in [0.5, 0.6) is 5.75 Å². The van der Waals surface area contributed by atoms with Crippen molar-refractivity contribution >= 4 is 40.7 Å². The normalized spacial score (nSPS) is 12.9. The van der Waals surface area contributed by atoms with Gasteiger partial charge in [-0.15, -0.1) is 0 Å². The molecule has 0 aliphatic carbocycles. The van der Waals surface area contributed by atoms with Crippen molar-refractivity contribution < 1.29 is 14.3 Å². The van der Waals surface area contributed by atoms with E-state index in [1.54, 1.807) is 68.4 Å². The number of methoxy groups -OCH3 is 1. The molecule has 2 rings (SSSR count). The molecule has 156 valence electrons. The van der Waals surface area contributed by atoms with Gasteiger partial charge in [0.25, 0.3) is 0 Å². The molecular formula is C21H25Cl2N3O3. The van der Waals surface area contributed by atoms with Gasteiger partial charge in [0.15, 0.2) is 0 Å². The molecule has 6 nitrogen and oxygen atoms in total. The van der Waals surface area contributed by atoms with E-state index in [1.165, 1.54) is 0 Å². The van der Waals surface area contributed by atoms with E-state index >= 15 is 0 Å². The molecule has 0 spiro atoms. The van der Waals surface area contributed by atoms with E-state index in [0.29, 0.717) is 21.5 Å². The van der Waals surface area contributed by atoms with Gasteiger partial charge in [-0.3, -0.25) is 14.5 Å². The second-order valence-electron chi connectivity index (χ2n) is 6.77. The Kier molecular flexibility index (Phi) is 8.32. The maximum atomic E-state index is 12.6. The quantitative estimate of drug-likeness (QED) is 0.650. The lowest BCUT2D eigenvalue weighted by atomic mass is 10.1. The SMILES string of the molecule is COc1cccc(NC(=O)CN(C)[C@@H](C)C(=O)N[C@@H](C)c2ccc(Cl)cc2Cl)c1. The summed E-state index contributed by atoms with van der Waals surface area (Å²) in [6.07, 6.45) is 0. The second kappa shape index (κ2) is 10.5. The van der Waals surface area contributed by atoms with Crippen LogP contribution in [0.3, 0.4) is 0 Å². The lowest BCUT2D eigenvalue weighted by Gasteiger charge is -2.25. The number of carbonyl (C=O) groups excluding carboxylic acids is 2. The molecule has 8 heteroatoms. The number of amides is 2. The highest BCUT2D eigenvalue weighted by atomic mass is 35.5. The van der Waals surface area contributed by atoms with Crippen molar-refractivity contribution in [1.82, 2.24) is 10.2 Å². The summed E-state index contributed by atoms with van der Waals surface area (Å²) in [6, 6.07) is 11.4. The molecule has 0 saturated carbocycles. The van der Waals surface area contributed by atoms with Gasteiger partial charge in [-0.1, -0.05) is 35.3 Å². The first-order valence-corrected chi connectivity index (χ1v) is 9.86. The standard InChI is InChI=1S/C21H25Cl2N3O3/c1-13(18-9-8-15(22)10-19(18)23)24-21(28)14(2)26(3)12-20(27)25-16-6-5-7-17(11-16)29-4/h5-11,13-14H,12H2,1-4H3,(H,24,28)(H,25,27)/t13-,14-/m0/s1. The Morgan fingerprint density at radius 2 is 1.86 bits per heavy atom. The van der Waals surface area contributed by atoms with E-state index < -0.39 is 6.04 Å². The predicted molar refractivity (Wildman–Crippen MR) is 117 cm³/mol. The maximum Gasteiger partial charge on any atom is 0.238 e. The van der Waals surface area contributed by atoms with Crippen molar-refractivity contribution in [2.24, 2.45) is 0 Å². The summed E-state index contributed by atoms with van der Waals surface area (Å²) in [6.45, 7) is 3.64. The molecule has 0 heterocycles. The fourth-order valence-corrected chi connectivity index (χ4v) is 3.30. The van der Waals surface area contributed by atoms with Gasteiger partial charge in [-0.25, -0.2) is 0 Å². The average molecular weight is 438 g/mol. The number of ether oxygens (including phenoxy) is 1. The van der Waals surface area contributed by atoms with Gasteiger partial charge in [0, 0.05) is 21.8 Å². The average Bonchev–Trinajstić information content (AvgIpc) is 2.67. The molecule has 0 radical (unpaired) electrons. The Hall–Kier alpha value is -2.28. The molecule has 2 atom stereocenters. The largest absolute Gasteiger partial charge is 0.497 e. The van der Waals surface area contributed by atoms with E-state index in [9.17, 15) is 9.59 Å². The van der Waals surface area contributed by atoms with E-state index in [2.05, 4.69) is 10.6 Å². The van der Waals surface area contributed by atoms with Crippen molar-refractivity contribution in [3.63, 3.8) is 0 Å². The molecule has 2 N–H and O–H groups in total. The number of likely N-dealkylation sites (N-methyl/N-ethyl adjacent to an activating group) is 1. The molecule has 2 amide bonds. The highest BCUT2D eigenvalue weighted by molar-refractivity contribution is 6.35. The molecule has 0 fully saturated rings. The third kappa shape index (κ3) is 6.63. The topological polar surface area (TPSA) is 70.7 Å². The maximum absolute atomic E-state index is 12.6. The first-order valence-electron chi connectivity index (χ1n) is 9.10. The van der Waals surface area contributed by atoms with Crippen LogP contribution in [0.25, 0.3) is 0 Å². The van der Waals surface area contributed by atoms with Crippen molar-refractivity contribution in [2.75, 3.05) is 26.0 Å². The number of carbonyl (C=O) groups is 2. The third-order valence-corrected chi connectivity index (χ3v) is 5.14.